The van der Waals surface area contributed by atoms with Crippen molar-refractivity contribution < 1.29 is 25.8 Å². The molecule has 0 aliphatic rings. The minimum absolute atomic E-state index is 0.0290. The molecular weight excluding hydrogens is 776 g/mol. The Morgan fingerprint density at radius 3 is 1.56 bits per heavy atom. The molecule has 0 aliphatic carbocycles. The minimum Gasteiger partial charge on any atom is -0.377 e. The van der Waals surface area contributed by atoms with Gasteiger partial charge in [0.1, 0.15) is 41.7 Å². The molecule has 0 spiro atoms. The van der Waals surface area contributed by atoms with Crippen molar-refractivity contribution in [2.24, 2.45) is 0 Å². The summed E-state index contributed by atoms with van der Waals surface area (Å²) in [5.74, 6) is 0.349. The molecule has 8 aromatic rings. The predicted molar refractivity (Wildman–Crippen MR) is 210 cm³/mol. The number of benzene rings is 2. The van der Waals surface area contributed by atoms with Crippen LogP contribution < -0.4 is 20.2 Å². The van der Waals surface area contributed by atoms with Crippen LogP contribution in [0, 0.1) is 27.7 Å². The van der Waals surface area contributed by atoms with Crippen molar-refractivity contribution in [2.45, 2.75) is 33.2 Å². The summed E-state index contributed by atoms with van der Waals surface area (Å²) in [6.45, 7) is 7.36. The Bertz CT molecular complexity index is 3030. The molecule has 0 bridgehead atoms. The number of nitrogens with zero attached hydrogens (tertiary/aromatic N) is 7. The van der Waals surface area contributed by atoms with Gasteiger partial charge in [-0.1, -0.05) is 35.4 Å². The summed E-state index contributed by atoms with van der Waals surface area (Å²) in [6.07, 6.45) is 2.88. The van der Waals surface area contributed by atoms with Crippen molar-refractivity contribution in [1.29, 1.82) is 0 Å². The molecule has 0 radical (unpaired) electrons. The van der Waals surface area contributed by atoms with E-state index in [-0.39, 0.29) is 31.8 Å². The van der Waals surface area contributed by atoms with E-state index in [1.54, 1.807) is 29.8 Å². The van der Waals surface area contributed by atoms with E-state index in [4.69, 9.17) is 4.98 Å². The lowest BCUT2D eigenvalue weighted by atomic mass is 10.2. The van der Waals surface area contributed by atoms with Gasteiger partial charge >= 0.3 is 15.6 Å². The maximum absolute atomic E-state index is 13.2. The highest BCUT2D eigenvalue weighted by atomic mass is 32.2. The van der Waals surface area contributed by atoms with Gasteiger partial charge in [-0.2, -0.15) is 21.6 Å². The Morgan fingerprint density at radius 1 is 0.673 bits per heavy atom. The fourth-order valence-electron chi connectivity index (χ4n) is 6.00. The molecule has 0 saturated carbocycles. The summed E-state index contributed by atoms with van der Waals surface area (Å²) in [5, 5.41) is 0.880. The van der Waals surface area contributed by atoms with E-state index in [0.717, 1.165) is 61.8 Å². The zero-order valence-corrected chi connectivity index (χ0v) is 32.4. The Kier molecular flexibility index (Phi) is 9.46. The van der Waals surface area contributed by atoms with E-state index >= 15 is 0 Å². The van der Waals surface area contributed by atoms with Crippen LogP contribution in [-0.4, -0.2) is 57.1 Å². The number of hydrogen-bond donors (Lipinski definition) is 0. The van der Waals surface area contributed by atoms with Gasteiger partial charge in [0, 0.05) is 32.6 Å². The molecule has 0 atom stereocenters. The van der Waals surface area contributed by atoms with E-state index in [0.29, 0.717) is 16.2 Å². The van der Waals surface area contributed by atoms with E-state index in [2.05, 4.69) is 19.1 Å². The van der Waals surface area contributed by atoms with Gasteiger partial charge in [0.25, 0.3) is 11.1 Å². The molecule has 0 saturated heterocycles. The molecule has 0 unspecified atom stereocenters. The van der Waals surface area contributed by atoms with Crippen LogP contribution >= 0.6 is 22.7 Å². The number of halogens is 3. The van der Waals surface area contributed by atoms with Gasteiger partial charge in [0.05, 0.1) is 27.8 Å². The third kappa shape index (κ3) is 6.70. The highest BCUT2D eigenvalue weighted by molar-refractivity contribution is 7.88. The van der Waals surface area contributed by atoms with Crippen LogP contribution in [0.2, 0.25) is 0 Å². The number of thiophene rings is 2. The van der Waals surface area contributed by atoms with Gasteiger partial charge in [0.2, 0.25) is 0 Å². The molecule has 0 N–H and O–H groups in total. The summed E-state index contributed by atoms with van der Waals surface area (Å²) in [4.78, 5) is 46.9. The lowest BCUT2D eigenvalue weighted by molar-refractivity contribution is -0.0499. The monoisotopic (exact) mass is 805 g/mol. The van der Waals surface area contributed by atoms with Crippen molar-refractivity contribution in [3.05, 3.63) is 117 Å². The van der Waals surface area contributed by atoms with Crippen molar-refractivity contribution in [2.75, 3.05) is 19.0 Å². The summed E-state index contributed by atoms with van der Waals surface area (Å²) in [6, 6.07) is 18.0. The summed E-state index contributed by atoms with van der Waals surface area (Å²) in [5.41, 5.74) is -0.745. The second kappa shape index (κ2) is 13.8. The van der Waals surface area contributed by atoms with Crippen molar-refractivity contribution in [3.8, 4) is 17.1 Å². The maximum atomic E-state index is 13.2. The first-order valence-electron chi connectivity index (χ1n) is 16.4. The Balaban J connectivity index is 0.000000172. The van der Waals surface area contributed by atoms with Crippen molar-refractivity contribution >= 4 is 79.3 Å². The number of aryl methyl sites for hydroxylation is 4. The molecule has 6 heterocycles. The van der Waals surface area contributed by atoms with Crippen molar-refractivity contribution in [3.63, 3.8) is 0 Å². The lowest BCUT2D eigenvalue weighted by Gasteiger charge is -2.14. The van der Waals surface area contributed by atoms with Crippen LogP contribution in [0.5, 0.6) is 5.75 Å². The van der Waals surface area contributed by atoms with Gasteiger partial charge < -0.3 is 9.08 Å². The molecule has 8 rings (SSSR count). The smallest absolute Gasteiger partial charge is 0.377 e. The third-order valence-corrected chi connectivity index (χ3v) is 11.7. The second-order valence-electron chi connectivity index (χ2n) is 12.7. The number of aromatic nitrogens is 6. The second-order valence-corrected chi connectivity index (χ2v) is 16.2. The van der Waals surface area contributed by atoms with E-state index < -0.39 is 26.9 Å². The molecule has 2 aromatic carbocycles. The standard InChI is InChI=1S/C19H18N4OS.C18H12F3N3O4S2/c1-11-5-7-13(8-6-11)23-12(2)21-16-15-14(22(3)4)9-10-20-18(15)25-17(16)19(23)24;1-9-3-5-11(6-4-9)24-10(2)23-14-13-12(28-30(26,27)18(19,20)21)7-8-22-16(13)29-15(14)17(24)25/h5-10H,1-4H3;3-8H,1-2H3. The first kappa shape index (κ1) is 37.6. The van der Waals surface area contributed by atoms with Gasteiger partial charge in [-0.25, -0.2) is 19.9 Å². The molecule has 0 aliphatic heterocycles. The number of anilines is 1. The molecule has 55 heavy (non-hydrogen) atoms. The van der Waals surface area contributed by atoms with Crippen LogP contribution in [0.1, 0.15) is 22.8 Å². The lowest BCUT2D eigenvalue weighted by Crippen LogP contribution is -2.28. The van der Waals surface area contributed by atoms with Crippen LogP contribution in [-0.2, 0) is 10.1 Å². The van der Waals surface area contributed by atoms with Gasteiger partial charge in [0.15, 0.2) is 5.75 Å². The Morgan fingerprint density at radius 2 is 1.11 bits per heavy atom. The average Bonchev–Trinajstić information content (AvgIpc) is 3.69. The SMILES string of the molecule is Cc1ccc(-n2c(C)nc3c(sc4nccc(N(C)C)c43)c2=O)cc1.Cc1ccc(-n2c(C)nc3c(sc4nccc(OS(=O)(=O)C(F)(F)F)c43)c2=O)cc1. The highest BCUT2D eigenvalue weighted by Gasteiger charge is 2.49. The molecule has 0 fully saturated rings. The van der Waals surface area contributed by atoms with Gasteiger partial charge in [-0.05, 0) is 58.0 Å². The predicted octanol–water partition coefficient (Wildman–Crippen LogP) is 7.52. The topological polar surface area (TPSA) is 142 Å². The third-order valence-electron chi connectivity index (χ3n) is 8.61. The Hall–Kier alpha value is -5.72. The van der Waals surface area contributed by atoms with Crippen LogP contribution in [0.15, 0.2) is 82.6 Å². The molecule has 0 amide bonds. The summed E-state index contributed by atoms with van der Waals surface area (Å²) < 4.78 is 69.3. The van der Waals surface area contributed by atoms with Crippen LogP contribution in [0.4, 0.5) is 18.9 Å². The summed E-state index contributed by atoms with van der Waals surface area (Å²) in [7, 11) is -1.93. The van der Waals surface area contributed by atoms with Gasteiger partial charge in [-0.3, -0.25) is 18.7 Å². The highest BCUT2D eigenvalue weighted by Crippen LogP contribution is 2.39. The van der Waals surface area contributed by atoms with Gasteiger partial charge in [-0.15, -0.1) is 22.7 Å². The zero-order chi connectivity index (χ0) is 39.6. The fraction of sp³-hybridized carbons (Fsp3) is 0.189. The molecule has 12 nitrogen and oxygen atoms in total. The first-order valence-corrected chi connectivity index (χ1v) is 19.4. The van der Waals surface area contributed by atoms with Crippen LogP contribution in [0.3, 0.4) is 0 Å². The number of hydrogen-bond acceptors (Lipinski definition) is 12. The van der Waals surface area contributed by atoms with Crippen LogP contribution in [0.25, 0.3) is 52.2 Å². The van der Waals surface area contributed by atoms with E-state index in [9.17, 15) is 31.2 Å². The molecule has 18 heteroatoms. The molecular formula is C37H30F3N7O5S3. The Labute approximate surface area is 318 Å². The first-order chi connectivity index (χ1) is 26.0. The largest absolute Gasteiger partial charge is 0.534 e. The number of fused-ring (bicyclic) bond motifs is 6. The number of pyridine rings is 2. The normalized spacial score (nSPS) is 12.0. The van der Waals surface area contributed by atoms with E-state index in [1.165, 1.54) is 15.9 Å². The van der Waals surface area contributed by atoms with E-state index in [1.807, 2.05) is 82.2 Å². The molecule has 6 aromatic heterocycles. The quantitative estimate of drug-likeness (QED) is 0.127. The zero-order valence-electron chi connectivity index (χ0n) is 30.0. The minimum atomic E-state index is -5.90. The van der Waals surface area contributed by atoms with Crippen molar-refractivity contribution in [1.82, 2.24) is 29.1 Å². The number of alkyl halides is 3. The average molecular weight is 806 g/mol. The molecule has 282 valence electrons. The maximum Gasteiger partial charge on any atom is 0.534 e. The summed E-state index contributed by atoms with van der Waals surface area (Å²) >= 11 is 2.30. The fourth-order valence-corrected chi connectivity index (χ4v) is 8.53. The number of rotatable bonds is 5.